The third-order valence-corrected chi connectivity index (χ3v) is 3.47. The summed E-state index contributed by atoms with van der Waals surface area (Å²) in [6.07, 6.45) is 2.48. The second kappa shape index (κ2) is 5.63. The van der Waals surface area contributed by atoms with Crippen molar-refractivity contribution in [2.24, 2.45) is 9.98 Å². The van der Waals surface area contributed by atoms with Gasteiger partial charge in [0.25, 0.3) is 0 Å². The molecule has 2 aromatic rings. The summed E-state index contributed by atoms with van der Waals surface area (Å²) < 4.78 is 13.2. The lowest BCUT2D eigenvalue weighted by molar-refractivity contribution is 0.235. The summed E-state index contributed by atoms with van der Waals surface area (Å²) in [7, 11) is 0. The van der Waals surface area contributed by atoms with Gasteiger partial charge >= 0.3 is 0 Å². The van der Waals surface area contributed by atoms with Gasteiger partial charge in [0.1, 0.15) is 5.82 Å². The van der Waals surface area contributed by atoms with Gasteiger partial charge in [-0.2, -0.15) is 0 Å². The standard InChI is InChI=1S/C15H11ClFN3O/c16-12-8-9(4-5-13(12)17)19-15(20-21)11-2-1-3-14-10(11)6-7-18-14/h1-5,7-8,21H,6H2,(H,19,20). The number of aliphatic imine (C=N–C) groups is 2. The summed E-state index contributed by atoms with van der Waals surface area (Å²) in [5.74, 6) is -0.247. The van der Waals surface area contributed by atoms with Gasteiger partial charge in [-0.1, -0.05) is 23.7 Å². The summed E-state index contributed by atoms with van der Waals surface area (Å²) in [6.45, 7) is 0. The molecule has 0 radical (unpaired) electrons. The number of rotatable bonds is 2. The van der Waals surface area contributed by atoms with Crippen molar-refractivity contribution in [3.63, 3.8) is 0 Å². The van der Waals surface area contributed by atoms with Gasteiger partial charge in [0.05, 0.1) is 16.4 Å². The molecular formula is C15H11ClFN3O. The predicted octanol–water partition coefficient (Wildman–Crippen LogP) is 3.79. The molecule has 6 heteroatoms. The summed E-state index contributed by atoms with van der Waals surface area (Å²) >= 11 is 5.73. The minimum atomic E-state index is -0.511. The van der Waals surface area contributed by atoms with E-state index in [9.17, 15) is 9.60 Å². The highest BCUT2D eigenvalue weighted by atomic mass is 35.5. The first kappa shape index (κ1) is 13.7. The normalized spacial score (nSPS) is 13.4. The smallest absolute Gasteiger partial charge is 0.157 e. The average Bonchev–Trinajstić information content (AvgIpc) is 2.97. The van der Waals surface area contributed by atoms with E-state index in [4.69, 9.17) is 11.6 Å². The number of fused-ring (bicyclic) bond motifs is 1. The lowest BCUT2D eigenvalue weighted by Gasteiger charge is -2.10. The number of hydrogen-bond acceptors (Lipinski definition) is 3. The molecule has 3 rings (SSSR count). The van der Waals surface area contributed by atoms with Crippen molar-refractivity contribution in [2.75, 3.05) is 0 Å². The van der Waals surface area contributed by atoms with Gasteiger partial charge in [-0.05, 0) is 29.8 Å². The maximum Gasteiger partial charge on any atom is 0.157 e. The molecule has 0 saturated heterocycles. The molecule has 0 saturated carbocycles. The van der Waals surface area contributed by atoms with Crippen molar-refractivity contribution in [3.05, 3.63) is 58.4 Å². The number of nitrogens with zero attached hydrogens (tertiary/aromatic N) is 2. The summed E-state index contributed by atoms with van der Waals surface area (Å²) in [5.41, 5.74) is 5.10. The van der Waals surface area contributed by atoms with Crippen LogP contribution in [0.25, 0.3) is 0 Å². The number of nitrogens with one attached hydrogen (secondary N) is 1. The maximum absolute atomic E-state index is 13.2. The first-order chi connectivity index (χ1) is 10.2. The molecule has 1 aliphatic heterocycles. The Balaban J connectivity index is 2.04. The molecule has 106 valence electrons. The van der Waals surface area contributed by atoms with Crippen LogP contribution >= 0.6 is 11.6 Å². The summed E-state index contributed by atoms with van der Waals surface area (Å²) in [5, 5.41) is 9.35. The van der Waals surface area contributed by atoms with Crippen LogP contribution in [0.15, 0.2) is 46.4 Å². The quantitative estimate of drug-likeness (QED) is 0.504. The Morgan fingerprint density at radius 1 is 1.33 bits per heavy atom. The van der Waals surface area contributed by atoms with Gasteiger partial charge in [0.15, 0.2) is 5.84 Å². The summed E-state index contributed by atoms with van der Waals surface area (Å²) in [6, 6.07) is 9.68. The van der Waals surface area contributed by atoms with Gasteiger partial charge in [0.2, 0.25) is 0 Å². The molecule has 0 spiro atoms. The van der Waals surface area contributed by atoms with Crippen LogP contribution in [-0.4, -0.2) is 17.3 Å². The molecule has 1 aliphatic rings. The van der Waals surface area contributed by atoms with Gasteiger partial charge in [-0.15, -0.1) is 0 Å². The Morgan fingerprint density at radius 2 is 2.19 bits per heavy atom. The van der Waals surface area contributed by atoms with E-state index in [-0.39, 0.29) is 10.9 Å². The Morgan fingerprint density at radius 3 is 2.95 bits per heavy atom. The van der Waals surface area contributed by atoms with E-state index in [2.05, 4.69) is 15.5 Å². The third kappa shape index (κ3) is 2.66. The Bertz CT molecular complexity index is 759. The molecule has 0 unspecified atom stereocenters. The zero-order valence-corrected chi connectivity index (χ0v) is 11.6. The molecule has 0 atom stereocenters. The van der Waals surface area contributed by atoms with Crippen LogP contribution < -0.4 is 5.48 Å². The predicted molar refractivity (Wildman–Crippen MR) is 80.8 cm³/mol. The van der Waals surface area contributed by atoms with Crippen molar-refractivity contribution in [2.45, 2.75) is 6.42 Å². The topological polar surface area (TPSA) is 57.0 Å². The molecule has 0 bridgehead atoms. The highest BCUT2D eigenvalue weighted by Gasteiger charge is 2.15. The van der Waals surface area contributed by atoms with Gasteiger partial charge in [-0.25, -0.2) is 9.38 Å². The fourth-order valence-electron chi connectivity index (χ4n) is 2.20. The van der Waals surface area contributed by atoms with Crippen LogP contribution in [0.3, 0.4) is 0 Å². The van der Waals surface area contributed by atoms with Crippen LogP contribution in [0.5, 0.6) is 0 Å². The minimum absolute atomic E-state index is 0.0184. The first-order valence-electron chi connectivity index (χ1n) is 6.27. The average molecular weight is 304 g/mol. The Hall–Kier alpha value is -2.24. The van der Waals surface area contributed by atoms with Crippen LogP contribution in [0.4, 0.5) is 15.8 Å². The fourth-order valence-corrected chi connectivity index (χ4v) is 2.37. The molecule has 2 aromatic carbocycles. The second-order valence-corrected chi connectivity index (χ2v) is 4.90. The van der Waals surface area contributed by atoms with Crippen molar-refractivity contribution >= 4 is 35.0 Å². The van der Waals surface area contributed by atoms with Crippen LogP contribution in [0.1, 0.15) is 11.1 Å². The number of halogens is 2. The van der Waals surface area contributed by atoms with E-state index in [0.29, 0.717) is 12.1 Å². The largest absolute Gasteiger partial charge is 0.290 e. The molecule has 0 aromatic heterocycles. The number of hydroxylamine groups is 1. The van der Waals surface area contributed by atoms with Gasteiger partial charge in [0, 0.05) is 18.2 Å². The molecule has 1 heterocycles. The molecule has 0 aliphatic carbocycles. The number of amidine groups is 1. The Kier molecular flexibility index (Phi) is 3.68. The van der Waals surface area contributed by atoms with Crippen LogP contribution in [0, 0.1) is 5.82 Å². The molecule has 0 fully saturated rings. The van der Waals surface area contributed by atoms with E-state index in [1.54, 1.807) is 6.21 Å². The maximum atomic E-state index is 13.2. The number of benzene rings is 2. The molecule has 0 amide bonds. The highest BCUT2D eigenvalue weighted by molar-refractivity contribution is 6.31. The third-order valence-electron chi connectivity index (χ3n) is 3.18. The fraction of sp³-hybridized carbons (Fsp3) is 0.0667. The van der Waals surface area contributed by atoms with E-state index in [1.807, 2.05) is 18.2 Å². The van der Waals surface area contributed by atoms with E-state index in [0.717, 1.165) is 16.8 Å². The van der Waals surface area contributed by atoms with Crippen molar-refractivity contribution < 1.29 is 9.60 Å². The zero-order chi connectivity index (χ0) is 14.8. The van der Waals surface area contributed by atoms with Crippen molar-refractivity contribution in [1.29, 1.82) is 0 Å². The van der Waals surface area contributed by atoms with Gasteiger partial charge in [-0.3, -0.25) is 15.7 Å². The van der Waals surface area contributed by atoms with Crippen LogP contribution in [0.2, 0.25) is 5.02 Å². The van der Waals surface area contributed by atoms with Crippen molar-refractivity contribution in [3.8, 4) is 0 Å². The molecular weight excluding hydrogens is 293 g/mol. The van der Waals surface area contributed by atoms with E-state index in [1.165, 1.54) is 18.2 Å². The second-order valence-electron chi connectivity index (χ2n) is 4.49. The first-order valence-corrected chi connectivity index (χ1v) is 6.65. The van der Waals surface area contributed by atoms with Gasteiger partial charge < -0.3 is 0 Å². The van der Waals surface area contributed by atoms with Crippen molar-refractivity contribution in [1.82, 2.24) is 5.48 Å². The zero-order valence-electron chi connectivity index (χ0n) is 10.8. The minimum Gasteiger partial charge on any atom is -0.290 e. The highest BCUT2D eigenvalue weighted by Crippen LogP contribution is 2.28. The van der Waals surface area contributed by atoms with Crippen LogP contribution in [-0.2, 0) is 6.42 Å². The van der Waals surface area contributed by atoms with E-state index < -0.39 is 5.82 Å². The van der Waals surface area contributed by atoms with E-state index >= 15 is 0 Å². The number of hydrogen-bond donors (Lipinski definition) is 2. The SMILES string of the molecule is ONC(=Nc1ccc(F)c(Cl)c1)c1cccc2c1CC=N2. The Labute approximate surface area is 125 Å². The lowest BCUT2D eigenvalue weighted by atomic mass is 10.0. The molecule has 4 nitrogen and oxygen atoms in total. The molecule has 21 heavy (non-hydrogen) atoms. The lowest BCUT2D eigenvalue weighted by Crippen LogP contribution is -2.21. The monoisotopic (exact) mass is 303 g/mol. The molecule has 2 N–H and O–H groups in total. The summed E-state index contributed by atoms with van der Waals surface area (Å²) in [4.78, 5) is 8.52.